The molecule has 0 amide bonds. The quantitative estimate of drug-likeness (QED) is 0.878. The van der Waals surface area contributed by atoms with Gasteiger partial charge in [-0.15, -0.1) is 0 Å². The van der Waals surface area contributed by atoms with E-state index in [4.69, 9.17) is 0 Å². The Morgan fingerprint density at radius 3 is 2.21 bits per heavy atom. The van der Waals surface area contributed by atoms with Crippen LogP contribution in [-0.2, 0) is 5.60 Å². The van der Waals surface area contributed by atoms with Gasteiger partial charge in [-0.25, -0.2) is 0 Å². The van der Waals surface area contributed by atoms with Crippen molar-refractivity contribution in [3.8, 4) is 0 Å². The fraction of sp³-hybridized carbons (Fsp3) is 0.647. The van der Waals surface area contributed by atoms with Gasteiger partial charge in [0.15, 0.2) is 0 Å². The van der Waals surface area contributed by atoms with Gasteiger partial charge in [-0.1, -0.05) is 44.2 Å². The van der Waals surface area contributed by atoms with Crippen LogP contribution in [0.5, 0.6) is 0 Å². The molecule has 1 aliphatic heterocycles. The number of hydrogen-bond donors (Lipinski definition) is 1. The summed E-state index contributed by atoms with van der Waals surface area (Å²) in [5, 5.41) is 11.3. The molecule has 1 fully saturated rings. The van der Waals surface area contributed by atoms with E-state index in [2.05, 4.69) is 37.8 Å². The van der Waals surface area contributed by atoms with Crippen molar-refractivity contribution in [1.82, 2.24) is 4.90 Å². The molecule has 1 aliphatic rings. The average molecular weight is 261 g/mol. The van der Waals surface area contributed by atoms with Gasteiger partial charge in [-0.05, 0) is 50.8 Å². The van der Waals surface area contributed by atoms with E-state index in [1.165, 1.54) is 12.8 Å². The normalized spacial score (nSPS) is 21.5. The summed E-state index contributed by atoms with van der Waals surface area (Å²) in [5.41, 5.74) is 0.322. The fourth-order valence-electron chi connectivity index (χ4n) is 3.31. The molecule has 1 heterocycles. The van der Waals surface area contributed by atoms with Gasteiger partial charge in [0.05, 0.1) is 0 Å². The molecule has 0 aromatic heterocycles. The fourth-order valence-corrected chi connectivity index (χ4v) is 3.31. The number of benzene rings is 1. The molecular formula is C17H27NO. The van der Waals surface area contributed by atoms with E-state index in [-0.39, 0.29) is 6.04 Å². The van der Waals surface area contributed by atoms with Gasteiger partial charge in [0, 0.05) is 6.04 Å². The smallest absolute Gasteiger partial charge is 0.105 e. The summed E-state index contributed by atoms with van der Waals surface area (Å²) in [6, 6.07) is 10.4. The first kappa shape index (κ1) is 14.5. The number of likely N-dealkylation sites (tertiary alicyclic amines) is 1. The molecule has 0 bridgehead atoms. The highest BCUT2D eigenvalue weighted by atomic mass is 16.3. The first-order chi connectivity index (χ1) is 9.04. The average Bonchev–Trinajstić information content (AvgIpc) is 2.91. The van der Waals surface area contributed by atoms with Crippen LogP contribution in [0, 0.1) is 5.92 Å². The lowest BCUT2D eigenvalue weighted by atomic mass is 9.80. The molecule has 0 radical (unpaired) electrons. The monoisotopic (exact) mass is 261 g/mol. The SMILES string of the molecule is CC(C)C[C@](O)(c1ccccc1)[C@@H](C)N1CCCC1. The summed E-state index contributed by atoms with van der Waals surface area (Å²) in [5.74, 6) is 0.482. The van der Waals surface area contributed by atoms with Crippen molar-refractivity contribution < 1.29 is 5.11 Å². The minimum Gasteiger partial charge on any atom is -0.384 e. The van der Waals surface area contributed by atoms with Crippen LogP contribution < -0.4 is 0 Å². The van der Waals surface area contributed by atoms with Crippen LogP contribution in [0.1, 0.15) is 45.6 Å². The van der Waals surface area contributed by atoms with E-state index in [0.29, 0.717) is 5.92 Å². The van der Waals surface area contributed by atoms with Gasteiger partial charge >= 0.3 is 0 Å². The highest BCUT2D eigenvalue weighted by molar-refractivity contribution is 5.24. The van der Waals surface area contributed by atoms with Crippen molar-refractivity contribution in [3.63, 3.8) is 0 Å². The lowest BCUT2D eigenvalue weighted by Crippen LogP contribution is -2.48. The maximum absolute atomic E-state index is 11.3. The topological polar surface area (TPSA) is 23.5 Å². The Bertz CT molecular complexity index is 384. The third-order valence-electron chi connectivity index (χ3n) is 4.37. The van der Waals surface area contributed by atoms with Gasteiger partial charge in [0.25, 0.3) is 0 Å². The van der Waals surface area contributed by atoms with Crippen LogP contribution in [0.3, 0.4) is 0 Å². The molecule has 1 N–H and O–H groups in total. The predicted octanol–water partition coefficient (Wildman–Crippen LogP) is 3.40. The van der Waals surface area contributed by atoms with Crippen LogP contribution in [-0.4, -0.2) is 29.1 Å². The van der Waals surface area contributed by atoms with Gasteiger partial charge < -0.3 is 5.11 Å². The van der Waals surface area contributed by atoms with Crippen LogP contribution in [0.25, 0.3) is 0 Å². The lowest BCUT2D eigenvalue weighted by molar-refractivity contribution is -0.0548. The van der Waals surface area contributed by atoms with E-state index < -0.39 is 5.60 Å². The van der Waals surface area contributed by atoms with Crippen molar-refractivity contribution in [2.45, 2.75) is 51.7 Å². The van der Waals surface area contributed by atoms with Gasteiger partial charge in [-0.2, -0.15) is 0 Å². The Labute approximate surface area is 117 Å². The second kappa shape index (κ2) is 6.06. The summed E-state index contributed by atoms with van der Waals surface area (Å²) in [7, 11) is 0. The van der Waals surface area contributed by atoms with Gasteiger partial charge in [0.2, 0.25) is 0 Å². The molecule has 0 spiro atoms. The van der Waals surface area contributed by atoms with E-state index in [0.717, 1.165) is 25.1 Å². The maximum Gasteiger partial charge on any atom is 0.105 e. The summed E-state index contributed by atoms with van der Waals surface area (Å²) in [4.78, 5) is 2.44. The highest BCUT2D eigenvalue weighted by Gasteiger charge is 2.39. The molecule has 1 aromatic carbocycles. The Balaban J connectivity index is 2.28. The zero-order valence-corrected chi connectivity index (χ0v) is 12.5. The molecule has 2 atom stereocenters. The standard InChI is InChI=1S/C17H27NO/c1-14(2)13-17(19,16-9-5-4-6-10-16)15(3)18-11-7-8-12-18/h4-6,9-10,14-15,19H,7-8,11-13H2,1-3H3/t15-,17-/m1/s1. The molecule has 2 heteroatoms. The first-order valence-electron chi connectivity index (χ1n) is 7.56. The van der Waals surface area contributed by atoms with Crippen LogP contribution in [0.4, 0.5) is 0 Å². The third kappa shape index (κ3) is 3.18. The van der Waals surface area contributed by atoms with E-state index in [1.807, 2.05) is 18.2 Å². The third-order valence-corrected chi connectivity index (χ3v) is 4.37. The molecule has 106 valence electrons. The van der Waals surface area contributed by atoms with Crippen LogP contribution in [0.2, 0.25) is 0 Å². The molecule has 1 aromatic rings. The van der Waals surface area contributed by atoms with Crippen LogP contribution in [0.15, 0.2) is 30.3 Å². The van der Waals surface area contributed by atoms with Crippen molar-refractivity contribution in [2.75, 3.05) is 13.1 Å². The van der Waals surface area contributed by atoms with Gasteiger partial charge in [0.1, 0.15) is 5.60 Å². The molecule has 0 aliphatic carbocycles. The number of rotatable bonds is 5. The number of aliphatic hydroxyl groups is 1. The molecule has 1 saturated heterocycles. The number of hydrogen-bond acceptors (Lipinski definition) is 2. The first-order valence-corrected chi connectivity index (χ1v) is 7.56. The minimum atomic E-state index is -0.736. The van der Waals surface area contributed by atoms with Gasteiger partial charge in [-0.3, -0.25) is 4.90 Å². The largest absolute Gasteiger partial charge is 0.384 e. The van der Waals surface area contributed by atoms with Crippen LogP contribution >= 0.6 is 0 Å². The molecule has 0 saturated carbocycles. The van der Waals surface area contributed by atoms with Crippen molar-refractivity contribution in [3.05, 3.63) is 35.9 Å². The van der Waals surface area contributed by atoms with E-state index in [9.17, 15) is 5.11 Å². The summed E-state index contributed by atoms with van der Waals surface area (Å²) < 4.78 is 0. The molecule has 19 heavy (non-hydrogen) atoms. The Morgan fingerprint density at radius 2 is 1.68 bits per heavy atom. The van der Waals surface area contributed by atoms with Crippen molar-refractivity contribution in [1.29, 1.82) is 0 Å². The zero-order valence-electron chi connectivity index (χ0n) is 12.5. The molecular weight excluding hydrogens is 234 g/mol. The Hall–Kier alpha value is -0.860. The van der Waals surface area contributed by atoms with E-state index in [1.54, 1.807) is 0 Å². The zero-order chi connectivity index (χ0) is 13.9. The second-order valence-electron chi connectivity index (χ2n) is 6.31. The lowest BCUT2D eigenvalue weighted by Gasteiger charge is -2.41. The predicted molar refractivity (Wildman–Crippen MR) is 80.1 cm³/mol. The molecule has 2 nitrogen and oxygen atoms in total. The summed E-state index contributed by atoms with van der Waals surface area (Å²) in [6.07, 6.45) is 3.34. The summed E-state index contributed by atoms with van der Waals surface area (Å²) >= 11 is 0. The summed E-state index contributed by atoms with van der Waals surface area (Å²) in [6.45, 7) is 8.79. The Kier molecular flexibility index (Phi) is 4.64. The second-order valence-corrected chi connectivity index (χ2v) is 6.31. The highest BCUT2D eigenvalue weighted by Crippen LogP contribution is 2.35. The minimum absolute atomic E-state index is 0.180. The Morgan fingerprint density at radius 1 is 1.11 bits per heavy atom. The maximum atomic E-state index is 11.3. The van der Waals surface area contributed by atoms with E-state index >= 15 is 0 Å². The van der Waals surface area contributed by atoms with Crippen molar-refractivity contribution in [2.24, 2.45) is 5.92 Å². The molecule has 0 unspecified atom stereocenters. The molecule has 2 rings (SSSR count). The number of nitrogens with zero attached hydrogens (tertiary/aromatic N) is 1. The van der Waals surface area contributed by atoms with Crippen molar-refractivity contribution >= 4 is 0 Å².